The summed E-state index contributed by atoms with van der Waals surface area (Å²) in [6, 6.07) is 0. The quantitative estimate of drug-likeness (QED) is 0.557. The number of rotatable bonds is 0. The molecule has 1 aromatic rings. The molecule has 54 valence electrons. The second-order valence-corrected chi connectivity index (χ2v) is 3.65. The lowest BCUT2D eigenvalue weighted by atomic mass is 10.1. The summed E-state index contributed by atoms with van der Waals surface area (Å²) in [5.74, 6) is 0. The van der Waals surface area contributed by atoms with Crippen molar-refractivity contribution in [2.45, 2.75) is 13.0 Å². The molecular formula is C7H10N2S. The fourth-order valence-electron chi connectivity index (χ4n) is 1.28. The van der Waals surface area contributed by atoms with Crippen LogP contribution in [0.15, 0.2) is 6.20 Å². The smallest absolute Gasteiger partial charge is 0.0454 e. The minimum atomic E-state index is 1.09. The molecule has 0 N–H and O–H groups in total. The molecule has 0 fully saturated rings. The molecule has 2 rings (SSSR count). The zero-order chi connectivity index (χ0) is 6.97. The van der Waals surface area contributed by atoms with Crippen LogP contribution in [0, 0.1) is 0 Å². The summed E-state index contributed by atoms with van der Waals surface area (Å²) in [5, 5.41) is 0. The van der Waals surface area contributed by atoms with E-state index in [0.717, 1.165) is 6.54 Å². The minimum Gasteiger partial charge on any atom is -0.302 e. The number of fused-ring (bicyclic) bond motifs is 1. The fraction of sp³-hybridized carbons (Fsp3) is 0.571. The zero-order valence-electron chi connectivity index (χ0n) is 6.00. The lowest BCUT2D eigenvalue weighted by Gasteiger charge is -2.20. The van der Waals surface area contributed by atoms with Crippen molar-refractivity contribution in [3.63, 3.8) is 0 Å². The van der Waals surface area contributed by atoms with Crippen molar-refractivity contribution in [3.05, 3.63) is 16.6 Å². The molecule has 2 heterocycles. The van der Waals surface area contributed by atoms with Crippen LogP contribution in [0.4, 0.5) is 0 Å². The maximum Gasteiger partial charge on any atom is 0.0454 e. The molecule has 0 aliphatic carbocycles. The first-order chi connectivity index (χ1) is 4.86. The van der Waals surface area contributed by atoms with Gasteiger partial charge in [-0.3, -0.25) is 0 Å². The first-order valence-electron chi connectivity index (χ1n) is 3.47. The highest BCUT2D eigenvalue weighted by Gasteiger charge is 2.13. The maximum absolute atomic E-state index is 4.15. The number of nitrogens with zero attached hydrogens (tertiary/aromatic N) is 2. The number of hydrogen-bond donors (Lipinski definition) is 0. The largest absolute Gasteiger partial charge is 0.302 e. The fourth-order valence-corrected chi connectivity index (χ4v) is 2.01. The molecule has 0 radical (unpaired) electrons. The topological polar surface area (TPSA) is 16.1 Å². The van der Waals surface area contributed by atoms with E-state index in [1.165, 1.54) is 23.4 Å². The van der Waals surface area contributed by atoms with Crippen molar-refractivity contribution >= 4 is 11.5 Å². The van der Waals surface area contributed by atoms with Crippen LogP contribution in [0.3, 0.4) is 0 Å². The van der Waals surface area contributed by atoms with Gasteiger partial charge < -0.3 is 4.90 Å². The van der Waals surface area contributed by atoms with Gasteiger partial charge in [-0.2, -0.15) is 0 Å². The predicted octanol–water partition coefficient (Wildman–Crippen LogP) is 1.13. The minimum absolute atomic E-state index is 1.09. The number of hydrogen-bond acceptors (Lipinski definition) is 3. The van der Waals surface area contributed by atoms with E-state index in [1.807, 2.05) is 6.20 Å². The molecule has 0 aromatic carbocycles. The second-order valence-electron chi connectivity index (χ2n) is 2.76. The molecule has 0 amide bonds. The van der Waals surface area contributed by atoms with Gasteiger partial charge in [0.1, 0.15) is 0 Å². The van der Waals surface area contributed by atoms with Gasteiger partial charge in [0.2, 0.25) is 0 Å². The summed E-state index contributed by atoms with van der Waals surface area (Å²) in [7, 11) is 2.15. The third-order valence-corrected chi connectivity index (χ3v) is 2.79. The molecule has 0 saturated heterocycles. The van der Waals surface area contributed by atoms with Crippen LogP contribution in [0.25, 0.3) is 0 Å². The van der Waals surface area contributed by atoms with Gasteiger partial charge in [0.15, 0.2) is 0 Å². The Morgan fingerprint density at radius 2 is 2.60 bits per heavy atom. The van der Waals surface area contributed by atoms with Gasteiger partial charge in [0.05, 0.1) is 0 Å². The molecule has 1 aromatic heterocycles. The average molecular weight is 154 g/mol. The van der Waals surface area contributed by atoms with Crippen LogP contribution in [0.1, 0.15) is 10.4 Å². The van der Waals surface area contributed by atoms with E-state index >= 15 is 0 Å². The van der Waals surface area contributed by atoms with Crippen LogP contribution in [-0.2, 0) is 13.0 Å². The molecule has 2 nitrogen and oxygen atoms in total. The van der Waals surface area contributed by atoms with Crippen LogP contribution in [-0.4, -0.2) is 22.9 Å². The summed E-state index contributed by atoms with van der Waals surface area (Å²) in [4.78, 5) is 3.81. The Morgan fingerprint density at radius 1 is 1.70 bits per heavy atom. The Bertz CT molecular complexity index is 231. The molecule has 0 saturated carbocycles. The third kappa shape index (κ3) is 0.954. The summed E-state index contributed by atoms with van der Waals surface area (Å²) >= 11 is 1.65. The van der Waals surface area contributed by atoms with Crippen molar-refractivity contribution in [3.8, 4) is 0 Å². The number of aromatic nitrogens is 1. The Kier molecular flexibility index (Phi) is 1.47. The predicted molar refractivity (Wildman–Crippen MR) is 42.2 cm³/mol. The van der Waals surface area contributed by atoms with E-state index < -0.39 is 0 Å². The normalized spacial score (nSPS) is 18.9. The van der Waals surface area contributed by atoms with Crippen molar-refractivity contribution in [2.24, 2.45) is 0 Å². The van der Waals surface area contributed by atoms with Crippen molar-refractivity contribution in [1.29, 1.82) is 0 Å². The highest BCUT2D eigenvalue weighted by molar-refractivity contribution is 7.05. The summed E-state index contributed by atoms with van der Waals surface area (Å²) in [6.45, 7) is 2.28. The van der Waals surface area contributed by atoms with E-state index in [9.17, 15) is 0 Å². The summed E-state index contributed by atoms with van der Waals surface area (Å²) in [5.41, 5.74) is 1.43. The van der Waals surface area contributed by atoms with Crippen LogP contribution in [0.5, 0.6) is 0 Å². The molecule has 0 bridgehead atoms. The lowest BCUT2D eigenvalue weighted by Crippen LogP contribution is -2.25. The van der Waals surface area contributed by atoms with Gasteiger partial charge in [-0.25, -0.2) is 4.37 Å². The van der Waals surface area contributed by atoms with Crippen LogP contribution in [0.2, 0.25) is 0 Å². The molecule has 10 heavy (non-hydrogen) atoms. The summed E-state index contributed by atoms with van der Waals surface area (Å²) in [6.07, 6.45) is 3.19. The molecule has 0 unspecified atom stereocenters. The first-order valence-corrected chi connectivity index (χ1v) is 4.24. The van der Waals surface area contributed by atoms with Crippen molar-refractivity contribution in [1.82, 2.24) is 9.27 Å². The monoisotopic (exact) mass is 154 g/mol. The molecule has 3 heteroatoms. The Balaban J connectivity index is 2.30. The SMILES string of the molecule is CN1CCc2sncc2C1. The van der Waals surface area contributed by atoms with Gasteiger partial charge >= 0.3 is 0 Å². The van der Waals surface area contributed by atoms with E-state index in [4.69, 9.17) is 0 Å². The van der Waals surface area contributed by atoms with Crippen molar-refractivity contribution < 1.29 is 0 Å². The third-order valence-electron chi connectivity index (χ3n) is 1.89. The molecular weight excluding hydrogens is 144 g/mol. The summed E-state index contributed by atoms with van der Waals surface area (Å²) < 4.78 is 4.15. The van der Waals surface area contributed by atoms with E-state index in [1.54, 1.807) is 11.5 Å². The van der Waals surface area contributed by atoms with Crippen molar-refractivity contribution in [2.75, 3.05) is 13.6 Å². The van der Waals surface area contributed by atoms with Crippen LogP contribution < -0.4 is 0 Å². The Morgan fingerprint density at radius 3 is 3.50 bits per heavy atom. The van der Waals surface area contributed by atoms with Gasteiger partial charge in [0, 0.05) is 29.7 Å². The Hall–Kier alpha value is -0.410. The molecule has 1 aliphatic heterocycles. The lowest BCUT2D eigenvalue weighted by molar-refractivity contribution is 0.315. The number of likely N-dealkylation sites (N-methyl/N-ethyl adjacent to an activating group) is 1. The Labute approximate surface area is 64.6 Å². The maximum atomic E-state index is 4.15. The highest BCUT2D eigenvalue weighted by Crippen LogP contribution is 2.20. The van der Waals surface area contributed by atoms with E-state index in [2.05, 4.69) is 16.3 Å². The zero-order valence-corrected chi connectivity index (χ0v) is 6.82. The molecule has 1 aliphatic rings. The van der Waals surface area contributed by atoms with E-state index in [0.29, 0.717) is 0 Å². The molecule has 0 atom stereocenters. The van der Waals surface area contributed by atoms with Gasteiger partial charge in [-0.15, -0.1) is 0 Å². The van der Waals surface area contributed by atoms with Gasteiger partial charge in [-0.05, 0) is 25.0 Å². The van der Waals surface area contributed by atoms with E-state index in [-0.39, 0.29) is 0 Å². The standard InChI is InChI=1S/C7H10N2S/c1-9-3-2-7-6(5-9)4-8-10-7/h4H,2-3,5H2,1H3. The highest BCUT2D eigenvalue weighted by atomic mass is 32.1. The van der Waals surface area contributed by atoms with Gasteiger partial charge in [-0.1, -0.05) is 0 Å². The average Bonchev–Trinajstić information content (AvgIpc) is 2.33. The first kappa shape index (κ1) is 6.31. The molecule has 0 spiro atoms. The van der Waals surface area contributed by atoms with Gasteiger partial charge in [0.25, 0.3) is 0 Å². The second kappa shape index (κ2) is 2.32. The van der Waals surface area contributed by atoms with Crippen LogP contribution >= 0.6 is 11.5 Å².